The van der Waals surface area contributed by atoms with Crippen LogP contribution in [0.25, 0.3) is 6.08 Å². The van der Waals surface area contributed by atoms with Crippen LogP contribution in [-0.4, -0.2) is 18.2 Å². The Kier molecular flexibility index (Phi) is 8.03. The van der Waals surface area contributed by atoms with Crippen LogP contribution in [0.1, 0.15) is 11.1 Å². The van der Waals surface area contributed by atoms with Crippen molar-refractivity contribution in [2.45, 2.75) is 6.61 Å². The van der Waals surface area contributed by atoms with Crippen molar-refractivity contribution in [2.24, 2.45) is 4.99 Å². The van der Waals surface area contributed by atoms with Crippen LogP contribution in [0.5, 0.6) is 11.5 Å². The lowest BCUT2D eigenvalue weighted by Crippen LogP contribution is -2.28. The first-order valence-corrected chi connectivity index (χ1v) is 13.3. The van der Waals surface area contributed by atoms with E-state index in [1.165, 1.54) is 11.8 Å². The summed E-state index contributed by atoms with van der Waals surface area (Å²) < 4.78 is 11.5. The Hall–Kier alpha value is -3.71. The highest BCUT2D eigenvalue weighted by Crippen LogP contribution is 2.41. The summed E-state index contributed by atoms with van der Waals surface area (Å²) in [6.07, 6.45) is 1.78. The molecule has 1 aliphatic rings. The fourth-order valence-electron chi connectivity index (χ4n) is 3.85. The third kappa shape index (κ3) is 5.73. The topological polar surface area (TPSA) is 51.1 Å². The molecule has 8 heteroatoms. The lowest BCUT2D eigenvalue weighted by Gasteiger charge is -2.15. The Balaban J connectivity index is 1.47. The van der Waals surface area contributed by atoms with E-state index in [1.54, 1.807) is 36.3 Å². The molecule has 4 aromatic rings. The number of halogens is 2. The number of nitrogens with zero attached hydrogens (tertiary/aromatic N) is 2. The molecule has 0 unspecified atom stereocenters. The first-order valence-electron chi connectivity index (χ1n) is 11.7. The van der Waals surface area contributed by atoms with Gasteiger partial charge in [-0.3, -0.25) is 9.69 Å². The molecule has 4 aromatic carbocycles. The molecule has 0 bridgehead atoms. The fourth-order valence-corrected chi connectivity index (χ4v) is 5.31. The van der Waals surface area contributed by atoms with Crippen molar-refractivity contribution in [3.05, 3.63) is 123 Å². The van der Waals surface area contributed by atoms with E-state index in [1.807, 2.05) is 78.9 Å². The predicted octanol–water partition coefficient (Wildman–Crippen LogP) is 8.39. The molecular formula is C30H22Cl2N2O3S. The second-order valence-electron chi connectivity index (χ2n) is 8.23. The van der Waals surface area contributed by atoms with Crippen LogP contribution in [0.3, 0.4) is 0 Å². The van der Waals surface area contributed by atoms with Crippen LogP contribution in [0.15, 0.2) is 107 Å². The third-order valence-electron chi connectivity index (χ3n) is 5.68. The van der Waals surface area contributed by atoms with Gasteiger partial charge in [0, 0.05) is 10.6 Å². The van der Waals surface area contributed by atoms with Crippen molar-refractivity contribution in [1.29, 1.82) is 0 Å². The maximum Gasteiger partial charge on any atom is 0.271 e. The summed E-state index contributed by atoms with van der Waals surface area (Å²) in [4.78, 5) is 20.4. The van der Waals surface area contributed by atoms with E-state index in [9.17, 15) is 4.79 Å². The molecular weight excluding hydrogens is 539 g/mol. The van der Waals surface area contributed by atoms with E-state index in [0.717, 1.165) is 16.9 Å². The Bertz CT molecular complexity index is 1530. The Labute approximate surface area is 235 Å². The number of carbonyl (C=O) groups excluding carboxylic acids is 1. The van der Waals surface area contributed by atoms with Gasteiger partial charge in [0.2, 0.25) is 0 Å². The van der Waals surface area contributed by atoms with Gasteiger partial charge in [0.15, 0.2) is 16.7 Å². The Morgan fingerprint density at radius 2 is 1.58 bits per heavy atom. The van der Waals surface area contributed by atoms with Gasteiger partial charge in [-0.15, -0.1) is 0 Å². The molecule has 0 saturated carbocycles. The number of benzene rings is 4. The summed E-state index contributed by atoms with van der Waals surface area (Å²) in [7, 11) is 1.54. The summed E-state index contributed by atoms with van der Waals surface area (Å²) in [6, 6.07) is 30.0. The first-order chi connectivity index (χ1) is 18.5. The van der Waals surface area contributed by atoms with Crippen LogP contribution in [-0.2, 0) is 11.4 Å². The number of amides is 1. The molecule has 190 valence electrons. The minimum Gasteiger partial charge on any atom is -0.493 e. The second-order valence-corrected chi connectivity index (χ2v) is 10.1. The van der Waals surface area contributed by atoms with Crippen LogP contribution < -0.4 is 14.4 Å². The Morgan fingerprint density at radius 1 is 0.895 bits per heavy atom. The van der Waals surface area contributed by atoms with Crippen LogP contribution >= 0.6 is 35.0 Å². The fraction of sp³-hybridized carbons (Fsp3) is 0.0667. The van der Waals surface area contributed by atoms with E-state index in [2.05, 4.69) is 0 Å². The summed E-state index contributed by atoms with van der Waals surface area (Å²) in [5, 5.41) is 1.53. The zero-order valence-corrected chi connectivity index (χ0v) is 22.6. The smallest absolute Gasteiger partial charge is 0.271 e. The summed E-state index contributed by atoms with van der Waals surface area (Å²) in [5.41, 5.74) is 3.02. The predicted molar refractivity (Wildman–Crippen MR) is 157 cm³/mol. The SMILES string of the molecule is COc1cc(/C=C2/SC(=Nc3ccccc3)N(c3ccccc3)C2=O)cc(Cl)c1OCc1ccccc1Cl. The lowest BCUT2D eigenvalue weighted by molar-refractivity contribution is -0.113. The summed E-state index contributed by atoms with van der Waals surface area (Å²) in [5.74, 6) is 0.675. The quantitative estimate of drug-likeness (QED) is 0.213. The van der Waals surface area contributed by atoms with Crippen molar-refractivity contribution >= 4 is 63.5 Å². The molecule has 0 aliphatic carbocycles. The number of aliphatic imine (C=N–C) groups is 1. The van der Waals surface area contributed by atoms with Gasteiger partial charge in [0.1, 0.15) is 6.61 Å². The van der Waals surface area contributed by atoms with Gasteiger partial charge in [-0.25, -0.2) is 4.99 Å². The number of rotatable bonds is 7. The van der Waals surface area contributed by atoms with Crippen molar-refractivity contribution in [3.8, 4) is 11.5 Å². The first kappa shape index (κ1) is 25.9. The number of amidine groups is 1. The highest BCUT2D eigenvalue weighted by Gasteiger charge is 2.34. The molecule has 0 N–H and O–H groups in total. The van der Waals surface area contributed by atoms with Crippen LogP contribution in [0.2, 0.25) is 10.0 Å². The average Bonchev–Trinajstić information content (AvgIpc) is 3.23. The normalized spacial score (nSPS) is 15.3. The third-order valence-corrected chi connectivity index (χ3v) is 7.30. The van der Waals surface area contributed by atoms with E-state index >= 15 is 0 Å². The van der Waals surface area contributed by atoms with E-state index in [0.29, 0.717) is 37.2 Å². The van der Waals surface area contributed by atoms with Gasteiger partial charge in [-0.1, -0.05) is 77.8 Å². The molecule has 0 aromatic heterocycles. The molecule has 1 aliphatic heterocycles. The van der Waals surface area contributed by atoms with Gasteiger partial charge in [0.05, 0.1) is 28.4 Å². The van der Waals surface area contributed by atoms with Gasteiger partial charge in [0.25, 0.3) is 5.91 Å². The summed E-state index contributed by atoms with van der Waals surface area (Å²) in [6.45, 7) is 0.232. The van der Waals surface area contributed by atoms with Crippen molar-refractivity contribution < 1.29 is 14.3 Å². The van der Waals surface area contributed by atoms with Crippen molar-refractivity contribution in [3.63, 3.8) is 0 Å². The van der Waals surface area contributed by atoms with Gasteiger partial charge < -0.3 is 9.47 Å². The largest absolute Gasteiger partial charge is 0.493 e. The number of hydrogen-bond acceptors (Lipinski definition) is 5. The second kappa shape index (κ2) is 11.8. The highest BCUT2D eigenvalue weighted by atomic mass is 35.5. The number of carbonyl (C=O) groups is 1. The molecule has 0 atom stereocenters. The van der Waals surface area contributed by atoms with Gasteiger partial charge in [-0.2, -0.15) is 0 Å². The summed E-state index contributed by atoms with van der Waals surface area (Å²) >= 11 is 14.2. The molecule has 0 radical (unpaired) electrons. The van der Waals surface area contributed by atoms with Gasteiger partial charge in [-0.05, 0) is 65.9 Å². The molecule has 38 heavy (non-hydrogen) atoms. The van der Waals surface area contributed by atoms with Crippen LogP contribution in [0.4, 0.5) is 11.4 Å². The van der Waals surface area contributed by atoms with Crippen LogP contribution in [0, 0.1) is 0 Å². The molecule has 1 amide bonds. The maximum absolute atomic E-state index is 13.6. The maximum atomic E-state index is 13.6. The van der Waals surface area contributed by atoms with Crippen molar-refractivity contribution in [1.82, 2.24) is 0 Å². The standard InChI is InChI=1S/C30H22Cl2N2O3S/c1-36-26-17-20(16-25(32)28(26)37-19-21-10-8-9-15-24(21)31)18-27-29(35)34(23-13-6-3-7-14-23)30(38-27)33-22-11-4-2-5-12-22/h2-18H,19H2,1H3/b27-18+,33-30?. The minimum absolute atomic E-state index is 0.176. The molecule has 5 rings (SSSR count). The molecule has 1 saturated heterocycles. The average molecular weight is 561 g/mol. The number of methoxy groups -OCH3 is 1. The van der Waals surface area contributed by atoms with E-state index < -0.39 is 0 Å². The number of thioether (sulfide) groups is 1. The number of anilines is 1. The monoisotopic (exact) mass is 560 g/mol. The van der Waals surface area contributed by atoms with Crippen molar-refractivity contribution in [2.75, 3.05) is 12.0 Å². The Morgan fingerprint density at radius 3 is 2.29 bits per heavy atom. The van der Waals surface area contributed by atoms with Gasteiger partial charge >= 0.3 is 0 Å². The van der Waals surface area contributed by atoms with E-state index in [4.69, 9.17) is 37.7 Å². The number of ether oxygens (including phenoxy) is 2. The zero-order chi connectivity index (χ0) is 26.5. The zero-order valence-electron chi connectivity index (χ0n) is 20.3. The molecule has 1 heterocycles. The molecule has 5 nitrogen and oxygen atoms in total. The number of hydrogen-bond donors (Lipinski definition) is 0. The number of para-hydroxylation sites is 2. The molecule has 1 fully saturated rings. The minimum atomic E-state index is -0.176. The lowest BCUT2D eigenvalue weighted by atomic mass is 10.1. The molecule has 0 spiro atoms. The van der Waals surface area contributed by atoms with E-state index in [-0.39, 0.29) is 12.5 Å². The highest BCUT2D eigenvalue weighted by molar-refractivity contribution is 8.19.